The summed E-state index contributed by atoms with van der Waals surface area (Å²) in [7, 11) is 0. The lowest BCUT2D eigenvalue weighted by Gasteiger charge is -2.18. The van der Waals surface area contributed by atoms with E-state index < -0.39 is 0 Å². The Bertz CT molecular complexity index is 354. The molecule has 0 aliphatic carbocycles. The summed E-state index contributed by atoms with van der Waals surface area (Å²) in [6.45, 7) is 6.11. The summed E-state index contributed by atoms with van der Waals surface area (Å²) in [5.74, 6) is 1.75. The minimum Gasteiger partial charge on any atom is -0.393 e. The molecule has 0 saturated heterocycles. The summed E-state index contributed by atoms with van der Waals surface area (Å²) in [4.78, 5) is 4.62. The van der Waals surface area contributed by atoms with E-state index in [0.29, 0.717) is 5.92 Å². The maximum Gasteiger partial charge on any atom is 0.0995 e. The van der Waals surface area contributed by atoms with Crippen LogP contribution in [0.4, 0.5) is 0 Å². The Morgan fingerprint density at radius 3 is 1.74 bits per heavy atom. The number of rotatable bonds is 19. The standard InChI is InChI=1S/C24H48N2O/c1-3-4-5-6-7-8-9-10-11-12-13-14-15-16-17-23(19-18-22(2)27)24-25-20-21-26-24/h22-23,27H,3-21H2,1-2H3,(H,25,26). The molecule has 160 valence electrons. The van der Waals surface area contributed by atoms with Gasteiger partial charge in [0.1, 0.15) is 0 Å². The molecule has 1 rings (SSSR count). The van der Waals surface area contributed by atoms with Gasteiger partial charge in [0.05, 0.1) is 18.5 Å². The van der Waals surface area contributed by atoms with Crippen LogP contribution in [-0.4, -0.2) is 30.1 Å². The Kier molecular flexibility index (Phi) is 15.9. The smallest absolute Gasteiger partial charge is 0.0995 e. The molecule has 27 heavy (non-hydrogen) atoms. The summed E-state index contributed by atoms with van der Waals surface area (Å²) in [6, 6.07) is 0. The van der Waals surface area contributed by atoms with Gasteiger partial charge in [0.25, 0.3) is 0 Å². The van der Waals surface area contributed by atoms with Crippen LogP contribution in [-0.2, 0) is 0 Å². The molecule has 3 heteroatoms. The molecule has 0 aromatic carbocycles. The van der Waals surface area contributed by atoms with E-state index in [4.69, 9.17) is 0 Å². The number of aliphatic hydroxyl groups excluding tert-OH is 1. The third-order valence-electron chi connectivity index (χ3n) is 5.93. The zero-order valence-electron chi connectivity index (χ0n) is 18.5. The maximum atomic E-state index is 9.58. The third kappa shape index (κ3) is 14.1. The SMILES string of the molecule is CCCCCCCCCCCCCCCCC(CCC(C)O)C1=NCCN1. The van der Waals surface area contributed by atoms with Crippen molar-refractivity contribution in [2.45, 2.75) is 129 Å². The van der Waals surface area contributed by atoms with Gasteiger partial charge in [-0.3, -0.25) is 4.99 Å². The van der Waals surface area contributed by atoms with Crippen LogP contribution in [0.5, 0.6) is 0 Å². The van der Waals surface area contributed by atoms with Crippen LogP contribution in [0, 0.1) is 5.92 Å². The summed E-state index contributed by atoms with van der Waals surface area (Å²) in [5.41, 5.74) is 0. The van der Waals surface area contributed by atoms with Gasteiger partial charge in [-0.15, -0.1) is 0 Å². The first kappa shape index (κ1) is 24.5. The molecule has 1 aliphatic rings. The summed E-state index contributed by atoms with van der Waals surface area (Å²) < 4.78 is 0. The van der Waals surface area contributed by atoms with E-state index in [-0.39, 0.29) is 6.10 Å². The lowest BCUT2D eigenvalue weighted by molar-refractivity contribution is 0.176. The van der Waals surface area contributed by atoms with Crippen LogP contribution in [0.3, 0.4) is 0 Å². The van der Waals surface area contributed by atoms with Gasteiger partial charge >= 0.3 is 0 Å². The largest absolute Gasteiger partial charge is 0.393 e. The average Bonchev–Trinajstić information content (AvgIpc) is 3.18. The molecule has 1 heterocycles. The second kappa shape index (κ2) is 17.5. The Balaban J connectivity index is 1.91. The average molecular weight is 381 g/mol. The van der Waals surface area contributed by atoms with Gasteiger partial charge in [-0.1, -0.05) is 96.8 Å². The summed E-state index contributed by atoms with van der Waals surface area (Å²) in [5, 5.41) is 13.0. The van der Waals surface area contributed by atoms with Gasteiger partial charge in [0.15, 0.2) is 0 Å². The fraction of sp³-hybridized carbons (Fsp3) is 0.958. The highest BCUT2D eigenvalue weighted by atomic mass is 16.3. The highest BCUT2D eigenvalue weighted by Gasteiger charge is 2.18. The van der Waals surface area contributed by atoms with Gasteiger partial charge < -0.3 is 10.4 Å². The molecule has 0 aromatic heterocycles. The van der Waals surface area contributed by atoms with Crippen molar-refractivity contribution in [1.82, 2.24) is 5.32 Å². The molecule has 0 amide bonds. The minimum atomic E-state index is -0.189. The normalized spacial score (nSPS) is 16.2. The van der Waals surface area contributed by atoms with Crippen molar-refractivity contribution in [3.63, 3.8) is 0 Å². The third-order valence-corrected chi connectivity index (χ3v) is 5.93. The molecular formula is C24H48N2O. The van der Waals surface area contributed by atoms with Crippen LogP contribution >= 0.6 is 0 Å². The zero-order valence-corrected chi connectivity index (χ0v) is 18.5. The molecular weight excluding hydrogens is 332 g/mol. The molecule has 0 saturated carbocycles. The zero-order chi connectivity index (χ0) is 19.6. The fourth-order valence-electron chi connectivity index (χ4n) is 4.14. The molecule has 2 N–H and O–H groups in total. The molecule has 2 unspecified atom stereocenters. The Morgan fingerprint density at radius 1 is 0.778 bits per heavy atom. The Hall–Kier alpha value is -0.570. The molecule has 1 aliphatic heterocycles. The number of hydrogen-bond acceptors (Lipinski definition) is 3. The number of aliphatic hydroxyl groups is 1. The molecule has 0 radical (unpaired) electrons. The van der Waals surface area contributed by atoms with Crippen molar-refractivity contribution in [2.75, 3.05) is 13.1 Å². The predicted molar refractivity (Wildman–Crippen MR) is 120 cm³/mol. The van der Waals surface area contributed by atoms with E-state index in [2.05, 4.69) is 17.2 Å². The van der Waals surface area contributed by atoms with E-state index >= 15 is 0 Å². The van der Waals surface area contributed by atoms with Gasteiger partial charge in [0.2, 0.25) is 0 Å². The second-order valence-corrected chi connectivity index (χ2v) is 8.70. The highest BCUT2D eigenvalue weighted by Crippen LogP contribution is 2.20. The first-order valence-electron chi connectivity index (χ1n) is 12.2. The maximum absolute atomic E-state index is 9.58. The number of aliphatic imine (C=N–C) groups is 1. The molecule has 0 aromatic rings. The van der Waals surface area contributed by atoms with Crippen LogP contribution in [0.15, 0.2) is 4.99 Å². The van der Waals surface area contributed by atoms with E-state index in [1.54, 1.807) is 0 Å². The molecule has 0 fully saturated rings. The van der Waals surface area contributed by atoms with Crippen LogP contribution in [0.25, 0.3) is 0 Å². The number of nitrogens with zero attached hydrogens (tertiary/aromatic N) is 1. The molecule has 0 spiro atoms. The van der Waals surface area contributed by atoms with Crippen LogP contribution < -0.4 is 5.32 Å². The topological polar surface area (TPSA) is 44.6 Å². The van der Waals surface area contributed by atoms with Crippen LogP contribution in [0.2, 0.25) is 0 Å². The quantitative estimate of drug-likeness (QED) is 0.247. The minimum absolute atomic E-state index is 0.189. The predicted octanol–water partition coefficient (Wildman–Crippen LogP) is 6.64. The van der Waals surface area contributed by atoms with E-state index in [9.17, 15) is 5.11 Å². The van der Waals surface area contributed by atoms with Crippen molar-refractivity contribution in [2.24, 2.45) is 10.9 Å². The second-order valence-electron chi connectivity index (χ2n) is 8.70. The van der Waals surface area contributed by atoms with E-state index in [0.717, 1.165) is 25.9 Å². The first-order valence-corrected chi connectivity index (χ1v) is 12.2. The van der Waals surface area contributed by atoms with Crippen molar-refractivity contribution in [1.29, 1.82) is 0 Å². The Morgan fingerprint density at radius 2 is 1.30 bits per heavy atom. The number of unbranched alkanes of at least 4 members (excludes halogenated alkanes) is 13. The monoisotopic (exact) mass is 380 g/mol. The first-order chi connectivity index (χ1) is 13.2. The summed E-state index contributed by atoms with van der Waals surface area (Å²) in [6.07, 6.45) is 22.8. The van der Waals surface area contributed by atoms with Crippen molar-refractivity contribution < 1.29 is 5.11 Å². The van der Waals surface area contributed by atoms with Crippen molar-refractivity contribution in [3.8, 4) is 0 Å². The van der Waals surface area contributed by atoms with E-state index in [1.165, 1.54) is 102 Å². The van der Waals surface area contributed by atoms with Gasteiger partial charge in [-0.2, -0.15) is 0 Å². The lowest BCUT2D eigenvalue weighted by atomic mass is 9.93. The Labute approximate surface area is 169 Å². The number of hydrogen-bond donors (Lipinski definition) is 2. The van der Waals surface area contributed by atoms with Crippen molar-refractivity contribution >= 4 is 5.84 Å². The highest BCUT2D eigenvalue weighted by molar-refractivity contribution is 5.85. The summed E-state index contributed by atoms with van der Waals surface area (Å²) >= 11 is 0. The fourth-order valence-corrected chi connectivity index (χ4v) is 4.14. The van der Waals surface area contributed by atoms with Gasteiger partial charge in [-0.25, -0.2) is 0 Å². The lowest BCUT2D eigenvalue weighted by Crippen LogP contribution is -2.27. The van der Waals surface area contributed by atoms with Gasteiger partial charge in [-0.05, 0) is 26.2 Å². The van der Waals surface area contributed by atoms with Crippen molar-refractivity contribution in [3.05, 3.63) is 0 Å². The van der Waals surface area contributed by atoms with Gasteiger partial charge in [0, 0.05) is 12.5 Å². The molecule has 2 atom stereocenters. The van der Waals surface area contributed by atoms with E-state index in [1.807, 2.05) is 6.92 Å². The number of amidine groups is 1. The molecule has 0 bridgehead atoms. The van der Waals surface area contributed by atoms with Crippen LogP contribution in [0.1, 0.15) is 123 Å². The number of nitrogens with one attached hydrogen (secondary N) is 1. The molecule has 3 nitrogen and oxygen atoms in total.